The fraction of sp³-hybridized carbons (Fsp3) is 0.857. The van der Waals surface area contributed by atoms with Gasteiger partial charge in [-0.3, -0.25) is 0 Å². The zero-order valence-electron chi connectivity index (χ0n) is 5.45. The molecule has 1 N–H and O–H groups in total. The van der Waals surface area contributed by atoms with E-state index in [0.717, 1.165) is 25.7 Å². The van der Waals surface area contributed by atoms with Gasteiger partial charge in [0.1, 0.15) is 0 Å². The van der Waals surface area contributed by atoms with Crippen molar-refractivity contribution in [3.8, 4) is 6.57 Å². The molecular formula is C7H12NO+. The second-order valence-corrected chi connectivity index (χ2v) is 2.61. The van der Waals surface area contributed by atoms with E-state index in [0.29, 0.717) is 6.04 Å². The van der Waals surface area contributed by atoms with E-state index in [1.165, 1.54) is 0 Å². The number of aliphatic hydroxyl groups is 1. The van der Waals surface area contributed by atoms with E-state index < -0.39 is 0 Å². The molecule has 50 valence electrons. The lowest BCUT2D eigenvalue weighted by atomic mass is 9.94. The van der Waals surface area contributed by atoms with E-state index in [2.05, 4.69) is 4.85 Å². The van der Waals surface area contributed by atoms with Crippen LogP contribution in [0, 0.1) is 6.57 Å². The van der Waals surface area contributed by atoms with Crippen molar-refractivity contribution in [1.82, 2.24) is 0 Å². The van der Waals surface area contributed by atoms with Gasteiger partial charge in [0.15, 0.2) is 0 Å². The van der Waals surface area contributed by atoms with Crippen LogP contribution in [0.2, 0.25) is 0 Å². The standard InChI is InChI=1S/C7H12NO/c1-8-6-2-4-7(9)5-3-6/h1,6-7,9H,2-5H2/q+1. The van der Waals surface area contributed by atoms with Crippen LogP contribution in [0.25, 0.3) is 4.85 Å². The van der Waals surface area contributed by atoms with Gasteiger partial charge in [0.05, 0.1) is 6.10 Å². The average Bonchev–Trinajstić information content (AvgIpc) is 1.90. The Morgan fingerprint density at radius 2 is 1.78 bits per heavy atom. The minimum Gasteiger partial charge on any atom is -0.393 e. The van der Waals surface area contributed by atoms with Crippen molar-refractivity contribution in [2.24, 2.45) is 0 Å². The summed E-state index contributed by atoms with van der Waals surface area (Å²) in [6, 6.07) is 0.313. The Labute approximate surface area is 55.3 Å². The van der Waals surface area contributed by atoms with E-state index in [-0.39, 0.29) is 6.10 Å². The molecular weight excluding hydrogens is 114 g/mol. The molecule has 1 saturated carbocycles. The van der Waals surface area contributed by atoms with Crippen LogP contribution < -0.4 is 0 Å². The first-order valence-electron chi connectivity index (χ1n) is 3.41. The van der Waals surface area contributed by atoms with Crippen LogP contribution in [-0.4, -0.2) is 17.3 Å². The first-order chi connectivity index (χ1) is 4.33. The lowest BCUT2D eigenvalue weighted by Crippen LogP contribution is -2.19. The van der Waals surface area contributed by atoms with Crippen molar-refractivity contribution >= 4 is 0 Å². The summed E-state index contributed by atoms with van der Waals surface area (Å²) in [5.74, 6) is 0. The largest absolute Gasteiger partial charge is 0.393 e. The molecule has 1 aliphatic rings. The van der Waals surface area contributed by atoms with E-state index in [1.807, 2.05) is 0 Å². The maximum absolute atomic E-state index is 9.04. The van der Waals surface area contributed by atoms with E-state index in [9.17, 15) is 0 Å². The minimum absolute atomic E-state index is 0.0944. The first-order valence-corrected chi connectivity index (χ1v) is 3.41. The molecule has 9 heavy (non-hydrogen) atoms. The van der Waals surface area contributed by atoms with Gasteiger partial charge in [0.2, 0.25) is 0 Å². The highest BCUT2D eigenvalue weighted by Gasteiger charge is 2.24. The van der Waals surface area contributed by atoms with Crippen molar-refractivity contribution in [3.05, 3.63) is 4.85 Å². The monoisotopic (exact) mass is 126 g/mol. The molecule has 0 aromatic carbocycles. The van der Waals surface area contributed by atoms with Crippen molar-refractivity contribution in [2.75, 3.05) is 0 Å². The van der Waals surface area contributed by atoms with E-state index in [4.69, 9.17) is 11.7 Å². The molecule has 0 aromatic rings. The average molecular weight is 126 g/mol. The van der Waals surface area contributed by atoms with Gasteiger partial charge in [-0.1, -0.05) is 4.85 Å². The van der Waals surface area contributed by atoms with Crippen LogP contribution >= 0.6 is 0 Å². The Morgan fingerprint density at radius 1 is 1.22 bits per heavy atom. The third-order valence-corrected chi connectivity index (χ3v) is 1.88. The van der Waals surface area contributed by atoms with Gasteiger partial charge in [-0.25, -0.2) is 0 Å². The zero-order valence-corrected chi connectivity index (χ0v) is 5.45. The maximum atomic E-state index is 9.04. The summed E-state index contributed by atoms with van der Waals surface area (Å²) in [4.78, 5) is 3.67. The highest BCUT2D eigenvalue weighted by Crippen LogP contribution is 2.20. The predicted octanol–water partition coefficient (Wildman–Crippen LogP) is 1.25. The van der Waals surface area contributed by atoms with Crippen LogP contribution in [0.4, 0.5) is 0 Å². The van der Waals surface area contributed by atoms with Crippen LogP contribution in [-0.2, 0) is 0 Å². The molecule has 0 atom stereocenters. The van der Waals surface area contributed by atoms with Gasteiger partial charge in [-0.05, 0) is 12.8 Å². The zero-order chi connectivity index (χ0) is 6.69. The topological polar surface area (TPSA) is 24.6 Å². The molecule has 2 nitrogen and oxygen atoms in total. The van der Waals surface area contributed by atoms with Crippen molar-refractivity contribution in [2.45, 2.75) is 37.8 Å². The molecule has 0 bridgehead atoms. The van der Waals surface area contributed by atoms with E-state index in [1.54, 1.807) is 0 Å². The SMILES string of the molecule is C#[N+]C1CCC(O)CC1. The third-order valence-electron chi connectivity index (χ3n) is 1.88. The molecule has 0 unspecified atom stereocenters. The number of hydrogen-bond acceptors (Lipinski definition) is 1. The summed E-state index contributed by atoms with van der Waals surface area (Å²) in [7, 11) is 0. The Balaban J connectivity index is 2.28. The van der Waals surface area contributed by atoms with Crippen molar-refractivity contribution in [1.29, 1.82) is 0 Å². The molecule has 0 saturated heterocycles. The van der Waals surface area contributed by atoms with Crippen LogP contribution in [0.15, 0.2) is 0 Å². The lowest BCUT2D eigenvalue weighted by molar-refractivity contribution is 0.128. The van der Waals surface area contributed by atoms with Gasteiger partial charge in [-0.15, -0.1) is 0 Å². The Morgan fingerprint density at radius 3 is 2.22 bits per heavy atom. The fourth-order valence-electron chi connectivity index (χ4n) is 1.21. The van der Waals surface area contributed by atoms with Crippen molar-refractivity contribution < 1.29 is 5.11 Å². The quantitative estimate of drug-likeness (QED) is 0.519. The molecule has 0 heterocycles. The summed E-state index contributed by atoms with van der Waals surface area (Å²) in [5.41, 5.74) is 0. The number of aliphatic hydroxyl groups excluding tert-OH is 1. The second kappa shape index (κ2) is 2.84. The molecule has 1 aliphatic carbocycles. The Bertz CT molecular complexity index is 119. The number of hydrogen-bond donors (Lipinski definition) is 1. The molecule has 0 spiro atoms. The highest BCUT2D eigenvalue weighted by atomic mass is 16.3. The highest BCUT2D eigenvalue weighted by molar-refractivity contribution is 4.86. The molecule has 0 radical (unpaired) electrons. The number of rotatable bonds is 0. The fourth-order valence-corrected chi connectivity index (χ4v) is 1.21. The van der Waals surface area contributed by atoms with Crippen LogP contribution in [0.5, 0.6) is 0 Å². The molecule has 0 amide bonds. The van der Waals surface area contributed by atoms with Gasteiger partial charge in [0, 0.05) is 12.8 Å². The van der Waals surface area contributed by atoms with Gasteiger partial charge in [-0.2, -0.15) is 0 Å². The smallest absolute Gasteiger partial charge is 0.272 e. The second-order valence-electron chi connectivity index (χ2n) is 2.61. The van der Waals surface area contributed by atoms with E-state index >= 15 is 0 Å². The summed E-state index contributed by atoms with van der Waals surface area (Å²) in [6.45, 7) is 5.09. The summed E-state index contributed by atoms with van der Waals surface area (Å²) in [5, 5.41) is 9.04. The van der Waals surface area contributed by atoms with Crippen LogP contribution in [0.3, 0.4) is 0 Å². The Kier molecular flexibility index (Phi) is 2.07. The predicted molar refractivity (Wildman–Crippen MR) is 36.6 cm³/mol. The molecule has 2 heteroatoms. The Hall–Kier alpha value is -0.550. The first kappa shape index (κ1) is 6.57. The molecule has 1 fully saturated rings. The summed E-state index contributed by atoms with van der Waals surface area (Å²) in [6.07, 6.45) is 3.55. The normalized spacial score (nSPS) is 35.6. The van der Waals surface area contributed by atoms with Gasteiger partial charge < -0.3 is 5.11 Å². The number of nitrogens with zero attached hydrogens (tertiary/aromatic N) is 1. The van der Waals surface area contributed by atoms with Gasteiger partial charge >= 0.3 is 0 Å². The minimum atomic E-state index is -0.0944. The van der Waals surface area contributed by atoms with Crippen LogP contribution in [0.1, 0.15) is 25.7 Å². The molecule has 0 aromatic heterocycles. The molecule has 1 rings (SSSR count). The van der Waals surface area contributed by atoms with Gasteiger partial charge in [0.25, 0.3) is 12.6 Å². The summed E-state index contributed by atoms with van der Waals surface area (Å²) < 4.78 is 0. The maximum Gasteiger partial charge on any atom is 0.272 e. The van der Waals surface area contributed by atoms with Crippen molar-refractivity contribution in [3.63, 3.8) is 0 Å². The summed E-state index contributed by atoms with van der Waals surface area (Å²) >= 11 is 0. The molecule has 0 aliphatic heterocycles. The lowest BCUT2D eigenvalue weighted by Gasteiger charge is -2.14. The third kappa shape index (κ3) is 1.69.